The number of anilines is 1. The zero-order valence-corrected chi connectivity index (χ0v) is 8.54. The second-order valence-electron chi connectivity index (χ2n) is 2.58. The van der Waals surface area contributed by atoms with Gasteiger partial charge in [0.1, 0.15) is 5.40 Å². The average molecular weight is 217 g/mol. The Bertz CT molecular complexity index is 427. The number of nitrogens with one attached hydrogen (secondary N) is 1. The van der Waals surface area contributed by atoms with Crippen LogP contribution in [0.25, 0.3) is 4.85 Å². The Morgan fingerprint density at radius 2 is 2.20 bits per heavy atom. The van der Waals surface area contributed by atoms with E-state index in [2.05, 4.69) is 10.2 Å². The van der Waals surface area contributed by atoms with Gasteiger partial charge >= 0.3 is 5.91 Å². The van der Waals surface area contributed by atoms with Gasteiger partial charge in [-0.25, -0.2) is 6.57 Å². The largest absolute Gasteiger partial charge is 0.320 e. The zero-order valence-electron chi connectivity index (χ0n) is 7.73. The third-order valence-electron chi connectivity index (χ3n) is 1.52. The number of nitrogens with zero attached hydrogens (tertiary/aromatic N) is 2. The van der Waals surface area contributed by atoms with Crippen LogP contribution in [-0.2, 0) is 4.79 Å². The highest BCUT2D eigenvalue weighted by Crippen LogP contribution is 2.18. The Morgan fingerprint density at radius 3 is 2.73 bits per heavy atom. The smallest absolute Gasteiger partial charge is 0.304 e. The summed E-state index contributed by atoms with van der Waals surface area (Å²) < 4.78 is 0. The summed E-state index contributed by atoms with van der Waals surface area (Å²) in [5.74, 6) is -0.328. The van der Waals surface area contributed by atoms with E-state index in [1.807, 2.05) is 5.40 Å². The molecule has 0 aliphatic heterocycles. The second-order valence-corrected chi connectivity index (χ2v) is 3.44. The topological polar surface area (TPSA) is 57.2 Å². The number of hydrogen-bond acceptors (Lipinski definition) is 3. The fourth-order valence-corrected chi connectivity index (χ4v) is 1.31. The van der Waals surface area contributed by atoms with Crippen LogP contribution in [0.2, 0.25) is 0 Å². The highest BCUT2D eigenvalue weighted by Gasteiger charge is 2.03. The first-order valence-corrected chi connectivity index (χ1v) is 4.87. The number of carbonyl (C=O) groups is 1. The minimum atomic E-state index is -0.328. The first-order valence-electron chi connectivity index (χ1n) is 4.05. The Morgan fingerprint density at radius 1 is 1.53 bits per heavy atom. The number of thioether (sulfide) groups is 1. The molecule has 1 aromatic rings. The standard InChI is InChI=1S/C10H7N3OS/c1-12-6-10(14)13-8-2-4-9(5-3-8)15-7-11/h2-5H,6H2,(H,13,14). The first-order chi connectivity index (χ1) is 7.26. The maximum absolute atomic E-state index is 11.0. The van der Waals surface area contributed by atoms with Gasteiger partial charge in [0.15, 0.2) is 0 Å². The number of rotatable bonds is 3. The van der Waals surface area contributed by atoms with E-state index in [9.17, 15) is 4.79 Å². The molecule has 1 amide bonds. The van der Waals surface area contributed by atoms with Crippen molar-refractivity contribution in [3.63, 3.8) is 0 Å². The molecule has 0 aromatic heterocycles. The van der Waals surface area contributed by atoms with Crippen LogP contribution in [0.4, 0.5) is 5.69 Å². The highest BCUT2D eigenvalue weighted by molar-refractivity contribution is 8.03. The van der Waals surface area contributed by atoms with E-state index in [4.69, 9.17) is 11.8 Å². The van der Waals surface area contributed by atoms with Crippen LogP contribution in [-0.4, -0.2) is 12.5 Å². The van der Waals surface area contributed by atoms with E-state index in [1.165, 1.54) is 0 Å². The molecule has 0 radical (unpaired) electrons. The van der Waals surface area contributed by atoms with Crippen LogP contribution in [0.5, 0.6) is 0 Å². The molecule has 0 bridgehead atoms. The lowest BCUT2D eigenvalue weighted by Gasteiger charge is -2.01. The van der Waals surface area contributed by atoms with Crippen molar-refractivity contribution in [2.45, 2.75) is 4.90 Å². The van der Waals surface area contributed by atoms with Crippen LogP contribution < -0.4 is 5.32 Å². The van der Waals surface area contributed by atoms with Crippen LogP contribution in [0, 0.1) is 17.2 Å². The van der Waals surface area contributed by atoms with Crippen molar-refractivity contribution in [2.75, 3.05) is 11.9 Å². The molecule has 4 nitrogen and oxygen atoms in total. The third kappa shape index (κ3) is 3.72. The minimum absolute atomic E-state index is 0.172. The van der Waals surface area contributed by atoms with Crippen LogP contribution >= 0.6 is 11.8 Å². The molecule has 0 saturated heterocycles. The number of benzene rings is 1. The van der Waals surface area contributed by atoms with Crippen LogP contribution in [0.15, 0.2) is 29.2 Å². The Kier molecular flexibility index (Phi) is 4.21. The number of hydrogen-bond donors (Lipinski definition) is 1. The molecule has 0 spiro atoms. The molecule has 0 atom stereocenters. The molecule has 0 unspecified atom stereocenters. The van der Waals surface area contributed by atoms with Gasteiger partial charge in [-0.05, 0) is 36.0 Å². The zero-order chi connectivity index (χ0) is 11.1. The summed E-state index contributed by atoms with van der Waals surface area (Å²) in [6.07, 6.45) is 0. The van der Waals surface area contributed by atoms with Crippen molar-refractivity contribution < 1.29 is 4.79 Å². The van der Waals surface area contributed by atoms with Gasteiger partial charge in [-0.3, -0.25) is 4.79 Å². The molecule has 74 valence electrons. The number of thiocyanates is 1. The van der Waals surface area contributed by atoms with E-state index in [0.29, 0.717) is 5.69 Å². The molecule has 1 N–H and O–H groups in total. The Balaban J connectivity index is 2.62. The van der Waals surface area contributed by atoms with Gasteiger partial charge in [0, 0.05) is 10.6 Å². The molecule has 0 fully saturated rings. The highest BCUT2D eigenvalue weighted by atomic mass is 32.2. The molecule has 15 heavy (non-hydrogen) atoms. The summed E-state index contributed by atoms with van der Waals surface area (Å²) >= 11 is 1.06. The lowest BCUT2D eigenvalue weighted by atomic mass is 10.3. The van der Waals surface area contributed by atoms with Crippen molar-refractivity contribution in [3.8, 4) is 5.40 Å². The summed E-state index contributed by atoms with van der Waals surface area (Å²) in [7, 11) is 0. The normalized spacial score (nSPS) is 8.67. The van der Waals surface area contributed by atoms with Gasteiger partial charge in [-0.2, -0.15) is 5.26 Å². The molecular weight excluding hydrogens is 210 g/mol. The minimum Gasteiger partial charge on any atom is -0.320 e. The second kappa shape index (κ2) is 5.69. The Labute approximate surface area is 91.7 Å². The monoisotopic (exact) mass is 217 g/mol. The fraction of sp³-hybridized carbons (Fsp3) is 0.100. The van der Waals surface area contributed by atoms with Crippen LogP contribution in [0.1, 0.15) is 0 Å². The average Bonchev–Trinajstić information content (AvgIpc) is 2.22. The summed E-state index contributed by atoms with van der Waals surface area (Å²) in [5.41, 5.74) is 0.630. The lowest BCUT2D eigenvalue weighted by molar-refractivity contribution is -0.114. The van der Waals surface area contributed by atoms with Gasteiger partial charge in [-0.1, -0.05) is 0 Å². The van der Waals surface area contributed by atoms with Gasteiger partial charge in [0.05, 0.1) is 0 Å². The number of nitriles is 1. The predicted molar refractivity (Wildman–Crippen MR) is 58.0 cm³/mol. The van der Waals surface area contributed by atoms with Gasteiger partial charge in [0.2, 0.25) is 0 Å². The van der Waals surface area contributed by atoms with Crippen molar-refractivity contribution >= 4 is 23.4 Å². The van der Waals surface area contributed by atoms with E-state index in [1.54, 1.807) is 24.3 Å². The SMILES string of the molecule is [C-]#[N+]CC(=O)Nc1ccc(SC#N)cc1. The predicted octanol–water partition coefficient (Wildman–Crippen LogP) is 2.12. The molecule has 0 aliphatic carbocycles. The molecular formula is C10H7N3OS. The Hall–Kier alpha value is -1.98. The molecule has 1 aromatic carbocycles. The summed E-state index contributed by atoms with van der Waals surface area (Å²) in [6, 6.07) is 6.87. The van der Waals surface area contributed by atoms with E-state index >= 15 is 0 Å². The fourth-order valence-electron chi connectivity index (χ4n) is 0.931. The van der Waals surface area contributed by atoms with Crippen molar-refractivity contribution in [3.05, 3.63) is 35.7 Å². The van der Waals surface area contributed by atoms with Crippen molar-refractivity contribution in [1.29, 1.82) is 5.26 Å². The van der Waals surface area contributed by atoms with E-state index in [0.717, 1.165) is 16.7 Å². The quantitative estimate of drug-likeness (QED) is 0.479. The van der Waals surface area contributed by atoms with E-state index < -0.39 is 0 Å². The first kappa shape index (κ1) is 11.1. The summed E-state index contributed by atoms with van der Waals surface area (Å²) in [5, 5.41) is 12.9. The van der Waals surface area contributed by atoms with Gasteiger partial charge in [-0.15, -0.1) is 0 Å². The van der Waals surface area contributed by atoms with Gasteiger partial charge in [0.25, 0.3) is 6.54 Å². The number of amides is 1. The molecule has 0 heterocycles. The molecule has 1 rings (SSSR count). The molecule has 0 saturated carbocycles. The number of carbonyl (C=O) groups excluding carboxylic acids is 1. The lowest BCUT2D eigenvalue weighted by Crippen LogP contribution is -2.13. The summed E-state index contributed by atoms with van der Waals surface area (Å²) in [6.45, 7) is 6.34. The van der Waals surface area contributed by atoms with Crippen molar-refractivity contribution in [2.24, 2.45) is 0 Å². The summed E-state index contributed by atoms with van der Waals surface area (Å²) in [4.78, 5) is 14.8. The molecule has 5 heteroatoms. The van der Waals surface area contributed by atoms with Gasteiger partial charge < -0.3 is 10.2 Å². The maximum atomic E-state index is 11.0. The maximum Gasteiger partial charge on any atom is 0.304 e. The van der Waals surface area contributed by atoms with Crippen LogP contribution in [0.3, 0.4) is 0 Å². The molecule has 0 aliphatic rings. The van der Waals surface area contributed by atoms with Crippen molar-refractivity contribution in [1.82, 2.24) is 0 Å². The third-order valence-corrected chi connectivity index (χ3v) is 2.12. The van der Waals surface area contributed by atoms with E-state index in [-0.39, 0.29) is 12.5 Å².